The van der Waals surface area contributed by atoms with Crippen LogP contribution in [0.4, 0.5) is 13.6 Å². The average Bonchev–Trinajstić information content (AvgIpc) is 3.31. The number of rotatable bonds is 7. The fourth-order valence-corrected chi connectivity index (χ4v) is 4.56. The summed E-state index contributed by atoms with van der Waals surface area (Å²) in [7, 11) is 0. The molecule has 204 valence electrons. The molecule has 8 nitrogen and oxygen atoms in total. The molecule has 4 rings (SSSR count). The largest absolute Gasteiger partial charge is 0.379 e. The number of urea groups is 1. The van der Waals surface area contributed by atoms with Crippen molar-refractivity contribution in [3.8, 4) is 0 Å². The normalized spacial score (nSPS) is 18.3. The summed E-state index contributed by atoms with van der Waals surface area (Å²) in [6, 6.07) is 11.2. The third-order valence-electron chi connectivity index (χ3n) is 6.50. The molecule has 2 aliphatic rings. The number of carbonyl (C=O) groups excluding carboxylic acids is 2. The van der Waals surface area contributed by atoms with Crippen LogP contribution in [0.25, 0.3) is 0 Å². The van der Waals surface area contributed by atoms with E-state index in [1.54, 1.807) is 36.4 Å². The van der Waals surface area contributed by atoms with Crippen molar-refractivity contribution in [2.45, 2.75) is 38.8 Å². The third-order valence-corrected chi connectivity index (χ3v) is 6.50. The van der Waals surface area contributed by atoms with Gasteiger partial charge < -0.3 is 15.0 Å². The Morgan fingerprint density at radius 2 is 1.71 bits per heavy atom. The first-order chi connectivity index (χ1) is 18.1. The molecule has 1 unspecified atom stereocenters. The number of morpholine rings is 1. The van der Waals surface area contributed by atoms with Crippen molar-refractivity contribution in [1.82, 2.24) is 20.1 Å². The van der Waals surface area contributed by atoms with Crippen LogP contribution in [0.3, 0.4) is 0 Å². The number of halogens is 2. The summed E-state index contributed by atoms with van der Waals surface area (Å²) in [5.74, 6) is -1.42. The predicted octanol–water partition coefficient (Wildman–Crippen LogP) is 3.78. The molecule has 3 amide bonds. The first kappa shape index (κ1) is 27.7. The molecule has 1 saturated heterocycles. The van der Waals surface area contributed by atoms with Gasteiger partial charge in [-0.15, -0.1) is 0 Å². The lowest BCUT2D eigenvalue weighted by Crippen LogP contribution is -2.53. The van der Waals surface area contributed by atoms with E-state index in [1.165, 1.54) is 22.0 Å². The van der Waals surface area contributed by atoms with Crippen molar-refractivity contribution in [1.29, 1.82) is 0 Å². The molecule has 1 fully saturated rings. The number of ether oxygens (including phenoxy) is 1. The highest BCUT2D eigenvalue weighted by Gasteiger charge is 2.36. The Bertz CT molecular complexity index is 1180. The number of hydrogen-bond acceptors (Lipinski definition) is 5. The highest BCUT2D eigenvalue weighted by atomic mass is 19.1. The average molecular weight is 528 g/mol. The van der Waals surface area contributed by atoms with E-state index in [1.807, 2.05) is 20.8 Å². The van der Waals surface area contributed by atoms with Gasteiger partial charge in [0.05, 0.1) is 25.0 Å². The topological polar surface area (TPSA) is 77.5 Å². The second-order valence-electron chi connectivity index (χ2n) is 10.6. The van der Waals surface area contributed by atoms with Gasteiger partial charge in [-0.25, -0.2) is 18.6 Å². The lowest BCUT2D eigenvalue weighted by Gasteiger charge is -2.32. The number of hydrazone groups is 1. The molecule has 0 saturated carbocycles. The fraction of sp³-hybridized carbons (Fsp3) is 0.464. The molecule has 2 aromatic rings. The molecular formula is C28H35F2N5O3. The van der Waals surface area contributed by atoms with Crippen LogP contribution in [0.2, 0.25) is 0 Å². The van der Waals surface area contributed by atoms with Crippen molar-refractivity contribution in [3.63, 3.8) is 0 Å². The molecule has 38 heavy (non-hydrogen) atoms. The number of nitrogens with one attached hydrogen (secondary N) is 1. The van der Waals surface area contributed by atoms with E-state index in [-0.39, 0.29) is 30.1 Å². The Kier molecular flexibility index (Phi) is 8.73. The van der Waals surface area contributed by atoms with E-state index in [2.05, 4.69) is 15.3 Å². The van der Waals surface area contributed by atoms with Crippen LogP contribution < -0.4 is 5.32 Å². The van der Waals surface area contributed by atoms with Gasteiger partial charge in [0, 0.05) is 49.3 Å². The summed E-state index contributed by atoms with van der Waals surface area (Å²) in [6.07, 6.45) is 0.148. The minimum atomic E-state index is -0.759. The van der Waals surface area contributed by atoms with E-state index in [4.69, 9.17) is 4.74 Å². The van der Waals surface area contributed by atoms with Crippen molar-refractivity contribution in [3.05, 3.63) is 71.3 Å². The van der Waals surface area contributed by atoms with E-state index < -0.39 is 29.1 Å². The zero-order valence-corrected chi connectivity index (χ0v) is 22.1. The summed E-state index contributed by atoms with van der Waals surface area (Å²) in [4.78, 5) is 30.5. The molecule has 0 aromatic heterocycles. The summed E-state index contributed by atoms with van der Waals surface area (Å²) in [5.41, 5.74) is 0.397. The summed E-state index contributed by atoms with van der Waals surface area (Å²) < 4.78 is 34.8. The van der Waals surface area contributed by atoms with Crippen LogP contribution in [-0.4, -0.2) is 83.9 Å². The zero-order chi connectivity index (χ0) is 27.3. The summed E-state index contributed by atoms with van der Waals surface area (Å²) >= 11 is 0. The molecule has 1 N–H and O–H groups in total. The minimum absolute atomic E-state index is 0.148. The number of hydrogen-bond donors (Lipinski definition) is 1. The van der Waals surface area contributed by atoms with Crippen molar-refractivity contribution in [2.75, 3.05) is 45.9 Å². The van der Waals surface area contributed by atoms with Gasteiger partial charge in [-0.05, 0) is 32.9 Å². The number of carbonyl (C=O) groups is 2. The molecule has 2 heterocycles. The van der Waals surface area contributed by atoms with Gasteiger partial charge in [0.1, 0.15) is 18.2 Å². The van der Waals surface area contributed by atoms with E-state index in [0.29, 0.717) is 32.0 Å². The standard InChI is InChI=1S/C28H35F2N5O3/c1-28(2,3)31-27(37)34(13-12-33-14-16-38-17-15-33)19-26(36)35-25(21-9-5-7-11-23(21)30)18-24(32-35)20-8-4-6-10-22(20)29/h4-11,25H,12-19H2,1-3H3,(H,31,37). The van der Waals surface area contributed by atoms with Crippen LogP contribution in [0.1, 0.15) is 44.4 Å². The Labute approximate surface area is 222 Å². The van der Waals surface area contributed by atoms with Crippen LogP contribution >= 0.6 is 0 Å². The minimum Gasteiger partial charge on any atom is -0.379 e. The van der Waals surface area contributed by atoms with Gasteiger partial charge in [0.15, 0.2) is 0 Å². The van der Waals surface area contributed by atoms with Crippen molar-refractivity contribution in [2.24, 2.45) is 5.10 Å². The first-order valence-corrected chi connectivity index (χ1v) is 12.9. The van der Waals surface area contributed by atoms with Crippen LogP contribution in [0, 0.1) is 11.6 Å². The van der Waals surface area contributed by atoms with Crippen LogP contribution in [-0.2, 0) is 9.53 Å². The molecule has 0 spiro atoms. The third kappa shape index (κ3) is 6.93. The Hall–Kier alpha value is -3.37. The van der Waals surface area contributed by atoms with Gasteiger partial charge in [-0.3, -0.25) is 9.69 Å². The van der Waals surface area contributed by atoms with Gasteiger partial charge in [0.2, 0.25) is 0 Å². The van der Waals surface area contributed by atoms with Gasteiger partial charge in [-0.1, -0.05) is 36.4 Å². The van der Waals surface area contributed by atoms with Gasteiger partial charge in [0.25, 0.3) is 5.91 Å². The molecule has 0 bridgehead atoms. The van der Waals surface area contributed by atoms with Gasteiger partial charge >= 0.3 is 6.03 Å². The van der Waals surface area contributed by atoms with E-state index in [0.717, 1.165) is 13.1 Å². The maximum Gasteiger partial charge on any atom is 0.318 e. The lowest BCUT2D eigenvalue weighted by atomic mass is 9.97. The molecule has 1 atom stereocenters. The summed E-state index contributed by atoms with van der Waals surface area (Å²) in [5, 5.41) is 8.59. The maximum absolute atomic E-state index is 14.8. The van der Waals surface area contributed by atoms with Crippen LogP contribution in [0.15, 0.2) is 53.6 Å². The van der Waals surface area contributed by atoms with Crippen molar-refractivity contribution >= 4 is 17.6 Å². The van der Waals surface area contributed by atoms with E-state index >= 15 is 0 Å². The highest BCUT2D eigenvalue weighted by Crippen LogP contribution is 2.34. The second-order valence-corrected chi connectivity index (χ2v) is 10.6. The second kappa shape index (κ2) is 12.0. The molecule has 2 aliphatic heterocycles. The number of nitrogens with zero attached hydrogens (tertiary/aromatic N) is 4. The first-order valence-electron chi connectivity index (χ1n) is 12.9. The highest BCUT2D eigenvalue weighted by molar-refractivity contribution is 6.03. The summed E-state index contributed by atoms with van der Waals surface area (Å²) in [6.45, 7) is 8.99. The van der Waals surface area contributed by atoms with Crippen molar-refractivity contribution < 1.29 is 23.1 Å². The fourth-order valence-electron chi connectivity index (χ4n) is 4.56. The predicted molar refractivity (Wildman–Crippen MR) is 141 cm³/mol. The molecule has 2 aromatic carbocycles. The Balaban J connectivity index is 1.59. The lowest BCUT2D eigenvalue weighted by molar-refractivity contribution is -0.133. The monoisotopic (exact) mass is 527 g/mol. The molecule has 0 aliphatic carbocycles. The molecular weight excluding hydrogens is 492 g/mol. The Morgan fingerprint density at radius 3 is 2.37 bits per heavy atom. The number of amides is 3. The Morgan fingerprint density at radius 1 is 1.05 bits per heavy atom. The molecule has 0 radical (unpaired) electrons. The smallest absolute Gasteiger partial charge is 0.318 e. The van der Waals surface area contributed by atoms with E-state index in [9.17, 15) is 18.4 Å². The zero-order valence-electron chi connectivity index (χ0n) is 22.1. The maximum atomic E-state index is 14.8. The molecule has 10 heteroatoms. The number of benzene rings is 2. The quantitative estimate of drug-likeness (QED) is 0.595. The SMILES string of the molecule is CC(C)(C)NC(=O)N(CCN1CCOCC1)CC(=O)N1N=C(c2ccccc2F)CC1c1ccccc1F. The van der Waals surface area contributed by atoms with Crippen LogP contribution in [0.5, 0.6) is 0 Å². The van der Waals surface area contributed by atoms with Gasteiger partial charge in [-0.2, -0.15) is 5.10 Å².